The first-order valence-electron chi connectivity index (χ1n) is 9.60. The number of nitrogens with zero attached hydrogens (tertiary/aromatic N) is 2. The molecule has 0 radical (unpaired) electrons. The summed E-state index contributed by atoms with van der Waals surface area (Å²) in [6, 6.07) is 12.4. The summed E-state index contributed by atoms with van der Waals surface area (Å²) >= 11 is 1.31. The van der Waals surface area contributed by atoms with Crippen LogP contribution in [-0.4, -0.2) is 36.3 Å². The van der Waals surface area contributed by atoms with E-state index in [1.165, 1.54) is 18.4 Å². The molecule has 30 heavy (non-hydrogen) atoms. The minimum Gasteiger partial charge on any atom is -0.494 e. The summed E-state index contributed by atoms with van der Waals surface area (Å²) in [5, 5.41) is 0. The van der Waals surface area contributed by atoms with Crippen molar-refractivity contribution in [3.63, 3.8) is 0 Å². The number of thiazole rings is 1. The van der Waals surface area contributed by atoms with Gasteiger partial charge >= 0.3 is 5.97 Å². The van der Waals surface area contributed by atoms with E-state index in [0.29, 0.717) is 22.7 Å². The van der Waals surface area contributed by atoms with Gasteiger partial charge in [-0.1, -0.05) is 11.3 Å². The van der Waals surface area contributed by atoms with Crippen molar-refractivity contribution in [2.45, 2.75) is 33.4 Å². The van der Waals surface area contributed by atoms with E-state index < -0.39 is 11.9 Å². The van der Waals surface area contributed by atoms with Crippen LogP contribution in [0, 0.1) is 0 Å². The summed E-state index contributed by atoms with van der Waals surface area (Å²) in [6.07, 6.45) is 0.0497. The van der Waals surface area contributed by atoms with Crippen molar-refractivity contribution in [2.24, 2.45) is 4.99 Å². The largest absolute Gasteiger partial charge is 0.494 e. The molecule has 0 unspecified atom stereocenters. The van der Waals surface area contributed by atoms with E-state index in [4.69, 9.17) is 14.2 Å². The monoisotopic (exact) mass is 428 g/mol. The fraction of sp³-hybridized carbons (Fsp3) is 0.318. The van der Waals surface area contributed by atoms with E-state index in [0.717, 1.165) is 16.0 Å². The highest BCUT2D eigenvalue weighted by Crippen LogP contribution is 2.24. The van der Waals surface area contributed by atoms with E-state index in [1.807, 2.05) is 39.0 Å². The second-order valence-electron chi connectivity index (χ2n) is 6.72. The number of amides is 1. The number of benzene rings is 2. The normalized spacial score (nSPS) is 11.7. The third-order valence-corrected chi connectivity index (χ3v) is 5.19. The molecule has 1 aromatic heterocycles. The average molecular weight is 429 g/mol. The first-order chi connectivity index (χ1) is 14.4. The highest BCUT2D eigenvalue weighted by Gasteiger charge is 2.13. The number of ether oxygens (including phenoxy) is 3. The maximum absolute atomic E-state index is 12.7. The van der Waals surface area contributed by atoms with Gasteiger partial charge in [-0.2, -0.15) is 4.99 Å². The summed E-state index contributed by atoms with van der Waals surface area (Å²) in [6.45, 7) is 6.29. The first kappa shape index (κ1) is 21.6. The van der Waals surface area contributed by atoms with Crippen molar-refractivity contribution < 1.29 is 23.8 Å². The number of fused-ring (bicyclic) bond motifs is 1. The van der Waals surface area contributed by atoms with Gasteiger partial charge in [0.05, 0.1) is 30.0 Å². The minimum atomic E-state index is -0.423. The number of hydrogen-bond acceptors (Lipinski definition) is 6. The molecule has 2 aromatic carbocycles. The molecule has 0 aliphatic rings. The number of carbonyl (C=O) groups excluding carboxylic acids is 2. The van der Waals surface area contributed by atoms with Crippen molar-refractivity contribution in [3.05, 3.63) is 52.8 Å². The van der Waals surface area contributed by atoms with Gasteiger partial charge in [-0.15, -0.1) is 0 Å². The van der Waals surface area contributed by atoms with Gasteiger partial charge in [0.25, 0.3) is 5.91 Å². The Morgan fingerprint density at radius 1 is 1.10 bits per heavy atom. The lowest BCUT2D eigenvalue weighted by atomic mass is 10.2. The second-order valence-corrected chi connectivity index (χ2v) is 7.73. The van der Waals surface area contributed by atoms with Crippen LogP contribution in [0.3, 0.4) is 0 Å². The molecule has 158 valence electrons. The summed E-state index contributed by atoms with van der Waals surface area (Å²) in [5.41, 5.74) is 1.21. The van der Waals surface area contributed by atoms with E-state index in [1.54, 1.807) is 28.8 Å². The topological polar surface area (TPSA) is 79.1 Å². The predicted octanol–water partition coefficient (Wildman–Crippen LogP) is 3.80. The molecule has 0 spiro atoms. The van der Waals surface area contributed by atoms with Crippen LogP contribution in [0.1, 0.15) is 31.1 Å². The van der Waals surface area contributed by atoms with Crippen molar-refractivity contribution in [3.8, 4) is 11.5 Å². The lowest BCUT2D eigenvalue weighted by molar-refractivity contribution is -0.141. The molecule has 0 aliphatic heterocycles. The summed E-state index contributed by atoms with van der Waals surface area (Å²) in [5.74, 6) is 0.580. The van der Waals surface area contributed by atoms with Crippen molar-refractivity contribution in [1.82, 2.24) is 4.57 Å². The van der Waals surface area contributed by atoms with Gasteiger partial charge in [-0.25, -0.2) is 0 Å². The van der Waals surface area contributed by atoms with Crippen LogP contribution in [0.25, 0.3) is 10.2 Å². The van der Waals surface area contributed by atoms with Crippen LogP contribution in [0.4, 0.5) is 0 Å². The predicted molar refractivity (Wildman–Crippen MR) is 115 cm³/mol. The molecule has 0 fully saturated rings. The minimum absolute atomic E-state index is 0.0439. The number of rotatable bonds is 7. The molecule has 7 nitrogen and oxygen atoms in total. The molecular weight excluding hydrogens is 404 g/mol. The Balaban J connectivity index is 2.01. The molecule has 1 amide bonds. The van der Waals surface area contributed by atoms with Crippen LogP contribution >= 0.6 is 11.3 Å². The number of carbonyl (C=O) groups is 2. The van der Waals surface area contributed by atoms with Gasteiger partial charge in [-0.05, 0) is 63.2 Å². The van der Waals surface area contributed by atoms with Crippen LogP contribution in [0.2, 0.25) is 0 Å². The third-order valence-electron chi connectivity index (χ3n) is 4.15. The number of aromatic nitrogens is 1. The average Bonchev–Trinajstić information content (AvgIpc) is 3.04. The Kier molecular flexibility index (Phi) is 6.89. The number of esters is 1. The van der Waals surface area contributed by atoms with Crippen molar-refractivity contribution in [1.29, 1.82) is 0 Å². The number of hydrogen-bond donors (Lipinski definition) is 0. The number of methoxy groups -OCH3 is 1. The molecule has 3 rings (SSSR count). The Hall–Kier alpha value is -3.13. The Morgan fingerprint density at radius 2 is 1.80 bits per heavy atom. The lowest BCUT2D eigenvalue weighted by Crippen LogP contribution is -2.22. The van der Waals surface area contributed by atoms with E-state index >= 15 is 0 Å². The third kappa shape index (κ3) is 5.07. The Labute approximate surface area is 178 Å². The van der Waals surface area contributed by atoms with Crippen LogP contribution in [0.5, 0.6) is 11.5 Å². The van der Waals surface area contributed by atoms with E-state index in [2.05, 4.69) is 4.99 Å². The summed E-state index contributed by atoms with van der Waals surface area (Å²) in [4.78, 5) is 29.4. The molecule has 0 saturated heterocycles. The van der Waals surface area contributed by atoms with Crippen LogP contribution < -0.4 is 14.3 Å². The fourth-order valence-electron chi connectivity index (χ4n) is 2.84. The Morgan fingerprint density at radius 3 is 2.43 bits per heavy atom. The second kappa shape index (κ2) is 9.58. The first-order valence-corrected chi connectivity index (χ1v) is 10.4. The zero-order chi connectivity index (χ0) is 21.7. The lowest BCUT2D eigenvalue weighted by Gasteiger charge is -2.09. The summed E-state index contributed by atoms with van der Waals surface area (Å²) < 4.78 is 18.5. The molecular formula is C22H24N2O5S. The molecule has 8 heteroatoms. The van der Waals surface area contributed by atoms with Gasteiger partial charge in [-0.3, -0.25) is 9.59 Å². The highest BCUT2D eigenvalue weighted by atomic mass is 32.1. The van der Waals surface area contributed by atoms with E-state index in [9.17, 15) is 9.59 Å². The molecule has 3 aromatic rings. The summed E-state index contributed by atoms with van der Waals surface area (Å²) in [7, 11) is 1.33. The van der Waals surface area contributed by atoms with E-state index in [-0.39, 0.29) is 12.6 Å². The molecule has 1 heterocycles. The van der Waals surface area contributed by atoms with Gasteiger partial charge < -0.3 is 18.8 Å². The smallest absolute Gasteiger partial charge is 0.325 e. The van der Waals surface area contributed by atoms with Crippen molar-refractivity contribution in [2.75, 3.05) is 13.7 Å². The molecule has 0 aliphatic carbocycles. The van der Waals surface area contributed by atoms with Crippen LogP contribution in [0.15, 0.2) is 47.5 Å². The van der Waals surface area contributed by atoms with Gasteiger partial charge in [0.15, 0.2) is 4.80 Å². The zero-order valence-corrected chi connectivity index (χ0v) is 18.2. The molecule has 0 bridgehead atoms. The van der Waals surface area contributed by atoms with Gasteiger partial charge in [0.1, 0.15) is 18.0 Å². The van der Waals surface area contributed by atoms with Gasteiger partial charge in [0.2, 0.25) is 0 Å². The van der Waals surface area contributed by atoms with Gasteiger partial charge in [0, 0.05) is 5.56 Å². The maximum atomic E-state index is 12.7. The zero-order valence-electron chi connectivity index (χ0n) is 17.4. The molecule has 0 N–H and O–H groups in total. The maximum Gasteiger partial charge on any atom is 0.325 e. The van der Waals surface area contributed by atoms with Crippen molar-refractivity contribution >= 4 is 33.4 Å². The quantitative estimate of drug-likeness (QED) is 0.535. The molecule has 0 saturated carbocycles. The molecule has 0 atom stereocenters. The highest BCUT2D eigenvalue weighted by molar-refractivity contribution is 7.16. The fourth-order valence-corrected chi connectivity index (χ4v) is 3.90. The SMILES string of the molecule is CCOc1ccc2c(c1)sc(=NC(=O)c1ccc(OC(C)C)cc1)n2CC(=O)OC. The Bertz CT molecular complexity index is 1110. The standard InChI is InChI=1S/C22H24N2O5S/c1-5-28-17-10-11-18-19(12-17)30-22(24(18)13-20(25)27-4)23-21(26)15-6-8-16(9-7-15)29-14(2)3/h6-12,14H,5,13H2,1-4H3. The van der Waals surface area contributed by atoms with Crippen LogP contribution in [-0.2, 0) is 16.1 Å².